The molecule has 0 aromatic heterocycles. The zero-order valence-corrected chi connectivity index (χ0v) is 13.0. The van der Waals surface area contributed by atoms with Crippen LogP contribution in [0.2, 0.25) is 0 Å². The second kappa shape index (κ2) is 6.55. The van der Waals surface area contributed by atoms with Gasteiger partial charge in [0.1, 0.15) is 0 Å². The van der Waals surface area contributed by atoms with Crippen molar-refractivity contribution in [1.29, 1.82) is 0 Å². The SMILES string of the molecule is CC1CCC(C(N)CCC2CCCO2)(N(C)C)CC1. The van der Waals surface area contributed by atoms with Gasteiger partial charge in [0.15, 0.2) is 0 Å². The van der Waals surface area contributed by atoms with Crippen molar-refractivity contribution in [3.8, 4) is 0 Å². The predicted octanol–water partition coefficient (Wildman–Crippen LogP) is 2.78. The van der Waals surface area contributed by atoms with Crippen LogP contribution in [0.25, 0.3) is 0 Å². The number of hydrogen-bond donors (Lipinski definition) is 1. The summed E-state index contributed by atoms with van der Waals surface area (Å²) in [5.74, 6) is 0.874. The third-order valence-electron chi connectivity index (χ3n) is 5.54. The first-order chi connectivity index (χ1) is 9.04. The maximum Gasteiger partial charge on any atom is 0.0576 e. The van der Waals surface area contributed by atoms with Crippen LogP contribution in [0.4, 0.5) is 0 Å². The van der Waals surface area contributed by atoms with Crippen molar-refractivity contribution >= 4 is 0 Å². The zero-order chi connectivity index (χ0) is 13.9. The highest BCUT2D eigenvalue weighted by Crippen LogP contribution is 2.38. The van der Waals surface area contributed by atoms with Gasteiger partial charge in [-0.05, 0) is 71.4 Å². The molecule has 112 valence electrons. The van der Waals surface area contributed by atoms with Crippen molar-refractivity contribution in [2.75, 3.05) is 20.7 Å². The lowest BCUT2D eigenvalue weighted by Crippen LogP contribution is -2.59. The molecule has 3 heteroatoms. The molecule has 1 aliphatic heterocycles. The van der Waals surface area contributed by atoms with Crippen molar-refractivity contribution < 1.29 is 4.74 Å². The van der Waals surface area contributed by atoms with Gasteiger partial charge >= 0.3 is 0 Å². The molecule has 0 bridgehead atoms. The van der Waals surface area contributed by atoms with Crippen molar-refractivity contribution in [2.45, 2.75) is 76.0 Å². The summed E-state index contributed by atoms with van der Waals surface area (Å²) in [4.78, 5) is 2.40. The molecule has 0 aromatic rings. The third kappa shape index (κ3) is 3.50. The minimum Gasteiger partial charge on any atom is -0.378 e. The van der Waals surface area contributed by atoms with Crippen LogP contribution in [0.3, 0.4) is 0 Å². The Morgan fingerprint density at radius 2 is 1.95 bits per heavy atom. The molecule has 1 saturated carbocycles. The van der Waals surface area contributed by atoms with Crippen molar-refractivity contribution in [1.82, 2.24) is 4.90 Å². The molecule has 0 spiro atoms. The van der Waals surface area contributed by atoms with Gasteiger partial charge in [0.05, 0.1) is 6.10 Å². The molecule has 2 rings (SSSR count). The largest absolute Gasteiger partial charge is 0.378 e. The number of rotatable bonds is 5. The highest BCUT2D eigenvalue weighted by Gasteiger charge is 2.41. The fourth-order valence-corrected chi connectivity index (χ4v) is 3.92. The van der Waals surface area contributed by atoms with E-state index in [-0.39, 0.29) is 5.54 Å². The van der Waals surface area contributed by atoms with Gasteiger partial charge in [0.25, 0.3) is 0 Å². The van der Waals surface area contributed by atoms with Crippen LogP contribution >= 0.6 is 0 Å². The lowest BCUT2D eigenvalue weighted by Gasteiger charge is -2.48. The van der Waals surface area contributed by atoms with E-state index >= 15 is 0 Å². The number of ether oxygens (including phenoxy) is 1. The van der Waals surface area contributed by atoms with E-state index in [1.165, 1.54) is 38.5 Å². The Labute approximate surface area is 118 Å². The van der Waals surface area contributed by atoms with Crippen molar-refractivity contribution in [3.05, 3.63) is 0 Å². The first-order valence-electron chi connectivity index (χ1n) is 8.09. The average molecular weight is 268 g/mol. The Hall–Kier alpha value is -0.120. The van der Waals surface area contributed by atoms with E-state index < -0.39 is 0 Å². The monoisotopic (exact) mass is 268 g/mol. The van der Waals surface area contributed by atoms with Crippen LogP contribution in [-0.2, 0) is 4.74 Å². The molecule has 2 atom stereocenters. The van der Waals surface area contributed by atoms with Crippen LogP contribution in [0.1, 0.15) is 58.3 Å². The Morgan fingerprint density at radius 1 is 1.26 bits per heavy atom. The molecular formula is C16H32N2O. The Kier molecular flexibility index (Phi) is 5.27. The quantitative estimate of drug-likeness (QED) is 0.833. The molecule has 1 saturated heterocycles. The molecule has 2 aliphatic rings. The average Bonchev–Trinajstić information content (AvgIpc) is 2.90. The summed E-state index contributed by atoms with van der Waals surface area (Å²) >= 11 is 0. The van der Waals surface area contributed by atoms with Crippen LogP contribution in [0.15, 0.2) is 0 Å². The molecule has 19 heavy (non-hydrogen) atoms. The van der Waals surface area contributed by atoms with Gasteiger partial charge in [-0.3, -0.25) is 0 Å². The number of hydrogen-bond acceptors (Lipinski definition) is 3. The summed E-state index contributed by atoms with van der Waals surface area (Å²) in [6, 6.07) is 0.291. The highest BCUT2D eigenvalue weighted by atomic mass is 16.5. The van der Waals surface area contributed by atoms with Crippen molar-refractivity contribution in [3.63, 3.8) is 0 Å². The fourth-order valence-electron chi connectivity index (χ4n) is 3.92. The predicted molar refractivity (Wildman–Crippen MR) is 80.2 cm³/mol. The van der Waals surface area contributed by atoms with E-state index in [0.717, 1.165) is 25.4 Å². The maximum atomic E-state index is 6.61. The minimum absolute atomic E-state index is 0.227. The summed E-state index contributed by atoms with van der Waals surface area (Å²) in [6.45, 7) is 3.33. The standard InChI is InChI=1S/C16H32N2O/c1-13-8-10-16(11-9-13,18(2)3)15(17)7-6-14-5-4-12-19-14/h13-15H,4-12,17H2,1-3H3. The molecule has 2 N–H and O–H groups in total. The summed E-state index contributed by atoms with van der Waals surface area (Å²) in [7, 11) is 4.42. The highest BCUT2D eigenvalue weighted by molar-refractivity contribution is 5.00. The number of nitrogens with zero attached hydrogens (tertiary/aromatic N) is 1. The fraction of sp³-hybridized carbons (Fsp3) is 1.00. The minimum atomic E-state index is 0.227. The first-order valence-corrected chi connectivity index (χ1v) is 8.09. The zero-order valence-electron chi connectivity index (χ0n) is 13.0. The lowest BCUT2D eigenvalue weighted by atomic mass is 9.71. The molecule has 2 unspecified atom stereocenters. The normalized spacial score (nSPS) is 37.7. The van der Waals surface area contributed by atoms with Gasteiger partial charge in [-0.2, -0.15) is 0 Å². The smallest absolute Gasteiger partial charge is 0.0576 e. The van der Waals surface area contributed by atoms with Gasteiger partial charge in [0, 0.05) is 18.2 Å². The molecule has 1 heterocycles. The van der Waals surface area contributed by atoms with Gasteiger partial charge < -0.3 is 15.4 Å². The molecule has 2 fully saturated rings. The Morgan fingerprint density at radius 3 is 2.47 bits per heavy atom. The first kappa shape index (κ1) is 15.3. The molecule has 0 radical (unpaired) electrons. The van der Waals surface area contributed by atoms with Crippen LogP contribution < -0.4 is 5.73 Å². The van der Waals surface area contributed by atoms with E-state index in [1.807, 2.05) is 0 Å². The van der Waals surface area contributed by atoms with Gasteiger partial charge in [-0.1, -0.05) is 6.92 Å². The van der Waals surface area contributed by atoms with E-state index in [1.54, 1.807) is 0 Å². The van der Waals surface area contributed by atoms with Crippen LogP contribution in [0, 0.1) is 5.92 Å². The number of likely N-dealkylation sites (N-methyl/N-ethyl adjacent to an activating group) is 1. The van der Waals surface area contributed by atoms with Crippen LogP contribution in [-0.4, -0.2) is 43.3 Å². The summed E-state index contributed by atoms with van der Waals surface area (Å²) < 4.78 is 5.73. The van der Waals surface area contributed by atoms with E-state index in [2.05, 4.69) is 25.9 Å². The molecule has 3 nitrogen and oxygen atoms in total. The molecule has 0 aromatic carbocycles. The summed E-state index contributed by atoms with van der Waals surface area (Å²) in [5.41, 5.74) is 6.84. The molecular weight excluding hydrogens is 236 g/mol. The van der Waals surface area contributed by atoms with Gasteiger partial charge in [-0.15, -0.1) is 0 Å². The molecule has 1 aliphatic carbocycles. The summed E-state index contributed by atoms with van der Waals surface area (Å²) in [5, 5.41) is 0. The van der Waals surface area contributed by atoms with Gasteiger partial charge in [-0.25, -0.2) is 0 Å². The van der Waals surface area contributed by atoms with Gasteiger partial charge in [0.2, 0.25) is 0 Å². The van der Waals surface area contributed by atoms with E-state index in [9.17, 15) is 0 Å². The second-order valence-corrected chi connectivity index (χ2v) is 7.00. The van der Waals surface area contributed by atoms with Crippen LogP contribution in [0.5, 0.6) is 0 Å². The van der Waals surface area contributed by atoms with E-state index in [0.29, 0.717) is 12.1 Å². The molecule has 0 amide bonds. The number of nitrogens with two attached hydrogens (primary N) is 1. The van der Waals surface area contributed by atoms with E-state index in [4.69, 9.17) is 10.5 Å². The topological polar surface area (TPSA) is 38.5 Å². The third-order valence-corrected chi connectivity index (χ3v) is 5.54. The Balaban J connectivity index is 1.90. The van der Waals surface area contributed by atoms with Crippen molar-refractivity contribution in [2.24, 2.45) is 11.7 Å². The lowest BCUT2D eigenvalue weighted by molar-refractivity contribution is 0.0433. The maximum absolute atomic E-state index is 6.61. The summed E-state index contributed by atoms with van der Waals surface area (Å²) in [6.07, 6.45) is 10.4. The second-order valence-electron chi connectivity index (χ2n) is 7.00. The Bertz CT molecular complexity index is 266.